The van der Waals surface area contributed by atoms with E-state index < -0.39 is 11.4 Å². The van der Waals surface area contributed by atoms with Crippen LogP contribution in [0.15, 0.2) is 29.2 Å². The van der Waals surface area contributed by atoms with Crippen LogP contribution in [-0.2, 0) is 6.54 Å². The molecule has 0 fully saturated rings. The number of nitrogens with zero attached hydrogens (tertiary/aromatic N) is 1. The van der Waals surface area contributed by atoms with Crippen LogP contribution in [0.5, 0.6) is 0 Å². The van der Waals surface area contributed by atoms with Gasteiger partial charge in [0.2, 0.25) is 5.43 Å². The van der Waals surface area contributed by atoms with Gasteiger partial charge >= 0.3 is 5.97 Å². The molecule has 17 heavy (non-hydrogen) atoms. The molecule has 1 aliphatic heterocycles. The lowest BCUT2D eigenvalue weighted by atomic mass is 10.1. The molecule has 0 unspecified atom stereocenters. The van der Waals surface area contributed by atoms with Crippen molar-refractivity contribution in [2.45, 2.75) is 6.54 Å². The number of hydrogen-bond donors (Lipinski definition) is 2. The number of carboxylic acids is 1. The molecule has 0 aliphatic carbocycles. The normalized spacial score (nSPS) is 13.4. The highest BCUT2D eigenvalue weighted by atomic mass is 16.4. The maximum absolute atomic E-state index is 12.0. The Morgan fingerprint density at radius 1 is 1.41 bits per heavy atom. The molecule has 0 saturated heterocycles. The van der Waals surface area contributed by atoms with Crippen molar-refractivity contribution < 1.29 is 9.90 Å². The van der Waals surface area contributed by atoms with Crippen LogP contribution < -0.4 is 10.7 Å². The largest absolute Gasteiger partial charge is 0.477 e. The van der Waals surface area contributed by atoms with Gasteiger partial charge in [-0.2, -0.15) is 0 Å². The van der Waals surface area contributed by atoms with E-state index in [9.17, 15) is 9.59 Å². The van der Waals surface area contributed by atoms with Crippen molar-refractivity contribution in [3.63, 3.8) is 0 Å². The van der Waals surface area contributed by atoms with Gasteiger partial charge in [-0.15, -0.1) is 0 Å². The molecule has 0 radical (unpaired) electrons. The second kappa shape index (κ2) is 3.35. The Labute approximate surface area is 96.3 Å². The zero-order valence-electron chi connectivity index (χ0n) is 8.93. The summed E-state index contributed by atoms with van der Waals surface area (Å²) in [7, 11) is 0. The fraction of sp³-hybridized carbons (Fsp3) is 0.167. The molecule has 1 aliphatic rings. The van der Waals surface area contributed by atoms with Crippen LogP contribution in [0, 0.1) is 0 Å². The summed E-state index contributed by atoms with van der Waals surface area (Å²) >= 11 is 0. The van der Waals surface area contributed by atoms with Gasteiger partial charge < -0.3 is 15.0 Å². The Morgan fingerprint density at radius 3 is 3.00 bits per heavy atom. The van der Waals surface area contributed by atoms with E-state index in [0.29, 0.717) is 11.9 Å². The highest BCUT2D eigenvalue weighted by Gasteiger charge is 2.18. The van der Waals surface area contributed by atoms with E-state index in [1.807, 2.05) is 10.6 Å². The number of aromatic nitrogens is 1. The van der Waals surface area contributed by atoms with E-state index >= 15 is 0 Å². The highest BCUT2D eigenvalue weighted by Crippen LogP contribution is 2.24. The van der Waals surface area contributed by atoms with Crippen molar-refractivity contribution in [2.24, 2.45) is 0 Å². The molecule has 1 aromatic carbocycles. The first kappa shape index (κ1) is 9.89. The van der Waals surface area contributed by atoms with E-state index in [4.69, 9.17) is 5.11 Å². The molecule has 0 spiro atoms. The molecule has 0 amide bonds. The summed E-state index contributed by atoms with van der Waals surface area (Å²) in [5.74, 6) is -1.18. The third-order valence-corrected chi connectivity index (χ3v) is 3.00. The van der Waals surface area contributed by atoms with Crippen molar-refractivity contribution in [3.05, 3.63) is 40.2 Å². The van der Waals surface area contributed by atoms with Gasteiger partial charge in [-0.25, -0.2) is 4.79 Å². The van der Waals surface area contributed by atoms with Gasteiger partial charge in [0.05, 0.1) is 11.2 Å². The molecule has 3 rings (SSSR count). The minimum atomic E-state index is -1.18. The van der Waals surface area contributed by atoms with Crippen LogP contribution in [0.1, 0.15) is 10.4 Å². The van der Waals surface area contributed by atoms with Gasteiger partial charge in [0.15, 0.2) is 0 Å². The third kappa shape index (κ3) is 1.32. The summed E-state index contributed by atoms with van der Waals surface area (Å²) < 4.78 is 1.83. The summed E-state index contributed by atoms with van der Waals surface area (Å²) in [5.41, 5.74) is 1.07. The van der Waals surface area contributed by atoms with Crippen LogP contribution >= 0.6 is 0 Å². The quantitative estimate of drug-likeness (QED) is 0.770. The van der Waals surface area contributed by atoms with Crippen molar-refractivity contribution in [2.75, 3.05) is 11.9 Å². The first-order chi connectivity index (χ1) is 8.18. The average molecular weight is 230 g/mol. The van der Waals surface area contributed by atoms with E-state index in [-0.39, 0.29) is 5.56 Å². The lowest BCUT2D eigenvalue weighted by Crippen LogP contribution is -2.24. The SMILES string of the molecule is O=C(O)c1cn2c3c(cccc3c1=O)NCC2. The number of pyridine rings is 1. The van der Waals surface area contributed by atoms with E-state index in [1.165, 1.54) is 6.20 Å². The zero-order valence-corrected chi connectivity index (χ0v) is 8.93. The lowest BCUT2D eigenvalue weighted by Gasteiger charge is -2.21. The predicted octanol–water partition coefficient (Wildman–Crippen LogP) is 1.13. The van der Waals surface area contributed by atoms with Crippen LogP contribution in [0.4, 0.5) is 5.69 Å². The van der Waals surface area contributed by atoms with Gasteiger partial charge in [-0.1, -0.05) is 6.07 Å². The summed E-state index contributed by atoms with van der Waals surface area (Å²) in [4.78, 5) is 23.0. The number of aromatic carboxylic acids is 1. The van der Waals surface area contributed by atoms with Crippen LogP contribution in [0.25, 0.3) is 10.9 Å². The van der Waals surface area contributed by atoms with Crippen LogP contribution in [-0.4, -0.2) is 22.2 Å². The number of benzene rings is 1. The van der Waals surface area contributed by atoms with Crippen molar-refractivity contribution in [3.8, 4) is 0 Å². The van der Waals surface area contributed by atoms with Crippen molar-refractivity contribution in [1.29, 1.82) is 0 Å². The number of rotatable bonds is 1. The number of carbonyl (C=O) groups is 1. The Morgan fingerprint density at radius 2 is 2.24 bits per heavy atom. The molecule has 5 nitrogen and oxygen atoms in total. The molecule has 5 heteroatoms. The fourth-order valence-corrected chi connectivity index (χ4v) is 2.24. The molecule has 1 aromatic heterocycles. The zero-order chi connectivity index (χ0) is 12.0. The molecular weight excluding hydrogens is 220 g/mol. The Kier molecular flexibility index (Phi) is 1.95. The molecule has 0 atom stereocenters. The molecule has 2 heterocycles. The number of hydrogen-bond acceptors (Lipinski definition) is 3. The Bertz CT molecular complexity index is 688. The molecule has 0 saturated carbocycles. The van der Waals surface area contributed by atoms with Gasteiger partial charge in [-0.3, -0.25) is 4.79 Å². The molecule has 0 bridgehead atoms. The minimum Gasteiger partial charge on any atom is -0.477 e. The number of anilines is 1. The maximum Gasteiger partial charge on any atom is 0.341 e. The van der Waals surface area contributed by atoms with Gasteiger partial charge in [0.1, 0.15) is 5.56 Å². The first-order valence-corrected chi connectivity index (χ1v) is 5.32. The van der Waals surface area contributed by atoms with E-state index in [2.05, 4.69) is 5.32 Å². The van der Waals surface area contributed by atoms with Crippen molar-refractivity contribution >= 4 is 22.6 Å². The number of nitrogens with one attached hydrogen (secondary N) is 1. The molecule has 2 N–H and O–H groups in total. The molecule has 86 valence electrons. The summed E-state index contributed by atoms with van der Waals surface area (Å²) in [6, 6.07) is 5.31. The third-order valence-electron chi connectivity index (χ3n) is 3.00. The first-order valence-electron chi connectivity index (χ1n) is 5.32. The Hall–Kier alpha value is -2.30. The molecule has 2 aromatic rings. The summed E-state index contributed by atoms with van der Waals surface area (Å²) in [6.45, 7) is 1.39. The van der Waals surface area contributed by atoms with E-state index in [1.54, 1.807) is 12.1 Å². The van der Waals surface area contributed by atoms with Gasteiger partial charge in [0.25, 0.3) is 0 Å². The lowest BCUT2D eigenvalue weighted by molar-refractivity contribution is 0.0695. The monoisotopic (exact) mass is 230 g/mol. The van der Waals surface area contributed by atoms with Gasteiger partial charge in [-0.05, 0) is 12.1 Å². The topological polar surface area (TPSA) is 71.3 Å². The van der Waals surface area contributed by atoms with E-state index in [0.717, 1.165) is 17.7 Å². The minimum absolute atomic E-state index is 0.170. The number of para-hydroxylation sites is 1. The standard InChI is InChI=1S/C12H10N2O3/c15-11-7-2-1-3-9-10(7)14(5-4-13-9)6-8(11)12(16)17/h1-3,6,13H,4-5H2,(H,16,17). The average Bonchev–Trinajstić information content (AvgIpc) is 2.33. The summed E-state index contributed by atoms with van der Waals surface area (Å²) in [6.07, 6.45) is 1.43. The molecular formula is C12H10N2O3. The predicted molar refractivity (Wildman–Crippen MR) is 63.7 cm³/mol. The highest BCUT2D eigenvalue weighted by molar-refractivity contribution is 5.97. The van der Waals surface area contributed by atoms with Crippen LogP contribution in [0.3, 0.4) is 0 Å². The summed E-state index contributed by atoms with van der Waals surface area (Å²) in [5, 5.41) is 12.7. The smallest absolute Gasteiger partial charge is 0.341 e. The second-order valence-electron chi connectivity index (χ2n) is 4.00. The number of carboxylic acid groups (broad SMARTS) is 1. The van der Waals surface area contributed by atoms with Crippen molar-refractivity contribution in [1.82, 2.24) is 4.57 Å². The maximum atomic E-state index is 12.0. The second-order valence-corrected chi connectivity index (χ2v) is 4.00. The Balaban J connectivity index is 2.51. The fourth-order valence-electron chi connectivity index (χ4n) is 2.24. The van der Waals surface area contributed by atoms with Gasteiger partial charge in [0, 0.05) is 24.7 Å². The van der Waals surface area contributed by atoms with Crippen LogP contribution in [0.2, 0.25) is 0 Å².